The minimum absolute atomic E-state index is 0.0427. The third kappa shape index (κ3) is 3.90. The number of pyridine rings is 1. The second kappa shape index (κ2) is 8.00. The molecule has 3 rings (SSSR count). The van der Waals surface area contributed by atoms with Gasteiger partial charge in [-0.3, -0.25) is 4.79 Å². The van der Waals surface area contributed by atoms with E-state index in [-0.39, 0.29) is 12.5 Å². The molecule has 7 nitrogen and oxygen atoms in total. The second-order valence-corrected chi connectivity index (χ2v) is 5.78. The average molecular weight is 347 g/mol. The molecule has 0 unspecified atom stereocenters. The van der Waals surface area contributed by atoms with Crippen LogP contribution in [0.1, 0.15) is 11.1 Å². The standard InChI is InChI=1S/C19H17N5O2/c20-12-15-3-5-17(6-4-15)26-14-18(25)23-8-10-24(11-9-23)19-16(13-21)2-1-7-22-19/h1-7H,8-11,14H2. The van der Waals surface area contributed by atoms with Gasteiger partial charge in [-0.1, -0.05) is 0 Å². The molecule has 1 aromatic heterocycles. The summed E-state index contributed by atoms with van der Waals surface area (Å²) in [5.41, 5.74) is 1.09. The molecule has 2 heterocycles. The van der Waals surface area contributed by atoms with E-state index >= 15 is 0 Å². The molecular weight excluding hydrogens is 330 g/mol. The summed E-state index contributed by atoms with van der Waals surface area (Å²) >= 11 is 0. The number of ether oxygens (including phenoxy) is 1. The van der Waals surface area contributed by atoms with Gasteiger partial charge in [0.2, 0.25) is 0 Å². The highest BCUT2D eigenvalue weighted by atomic mass is 16.5. The molecule has 26 heavy (non-hydrogen) atoms. The summed E-state index contributed by atoms with van der Waals surface area (Å²) in [6, 6.07) is 14.3. The number of benzene rings is 1. The van der Waals surface area contributed by atoms with Crippen molar-refractivity contribution in [3.63, 3.8) is 0 Å². The summed E-state index contributed by atoms with van der Waals surface area (Å²) in [6.07, 6.45) is 1.67. The molecule has 0 aliphatic carbocycles. The van der Waals surface area contributed by atoms with Crippen molar-refractivity contribution in [2.75, 3.05) is 37.7 Å². The summed E-state index contributed by atoms with van der Waals surface area (Å²) in [7, 11) is 0. The van der Waals surface area contributed by atoms with E-state index in [1.165, 1.54) is 0 Å². The van der Waals surface area contributed by atoms with Crippen molar-refractivity contribution in [2.45, 2.75) is 0 Å². The molecule has 1 aromatic carbocycles. The first-order valence-corrected chi connectivity index (χ1v) is 8.22. The zero-order valence-corrected chi connectivity index (χ0v) is 14.1. The molecule has 1 amide bonds. The Balaban J connectivity index is 1.52. The van der Waals surface area contributed by atoms with E-state index in [1.807, 2.05) is 11.0 Å². The number of nitriles is 2. The van der Waals surface area contributed by atoms with Gasteiger partial charge in [-0.25, -0.2) is 4.98 Å². The van der Waals surface area contributed by atoms with E-state index in [2.05, 4.69) is 11.1 Å². The number of hydrogen-bond donors (Lipinski definition) is 0. The number of hydrogen-bond acceptors (Lipinski definition) is 6. The van der Waals surface area contributed by atoms with Crippen molar-refractivity contribution in [3.05, 3.63) is 53.7 Å². The maximum absolute atomic E-state index is 12.3. The smallest absolute Gasteiger partial charge is 0.260 e. The van der Waals surface area contributed by atoms with Crippen LogP contribution in [0, 0.1) is 22.7 Å². The molecule has 1 saturated heterocycles. The molecule has 0 bridgehead atoms. The van der Waals surface area contributed by atoms with Gasteiger partial charge >= 0.3 is 0 Å². The van der Waals surface area contributed by atoms with E-state index in [9.17, 15) is 10.1 Å². The maximum Gasteiger partial charge on any atom is 0.260 e. The van der Waals surface area contributed by atoms with Gasteiger partial charge in [0.15, 0.2) is 6.61 Å². The summed E-state index contributed by atoms with van der Waals surface area (Å²) < 4.78 is 5.50. The SMILES string of the molecule is N#Cc1ccc(OCC(=O)N2CCN(c3ncccc3C#N)CC2)cc1. The number of rotatable bonds is 4. The summed E-state index contributed by atoms with van der Waals surface area (Å²) in [5, 5.41) is 18.0. The highest BCUT2D eigenvalue weighted by molar-refractivity contribution is 5.78. The van der Waals surface area contributed by atoms with Gasteiger partial charge in [0.25, 0.3) is 5.91 Å². The Morgan fingerprint density at radius 3 is 2.46 bits per heavy atom. The van der Waals surface area contributed by atoms with Gasteiger partial charge in [-0.05, 0) is 36.4 Å². The van der Waals surface area contributed by atoms with Crippen LogP contribution in [0.15, 0.2) is 42.6 Å². The normalized spacial score (nSPS) is 13.6. The molecule has 0 spiro atoms. The van der Waals surface area contributed by atoms with Crippen LogP contribution in [0.2, 0.25) is 0 Å². The predicted octanol–water partition coefficient (Wildman–Crippen LogP) is 1.55. The first-order chi connectivity index (χ1) is 12.7. The number of piperazine rings is 1. The quantitative estimate of drug-likeness (QED) is 0.833. The minimum atomic E-state index is -0.0875. The number of carbonyl (C=O) groups excluding carboxylic acids is 1. The van der Waals surface area contributed by atoms with Crippen LogP contribution in [-0.4, -0.2) is 48.6 Å². The Morgan fingerprint density at radius 1 is 1.08 bits per heavy atom. The Bertz CT molecular complexity index is 859. The lowest BCUT2D eigenvalue weighted by atomic mass is 10.2. The molecule has 0 N–H and O–H groups in total. The van der Waals surface area contributed by atoms with E-state index in [0.717, 1.165) is 0 Å². The first-order valence-electron chi connectivity index (χ1n) is 8.22. The largest absolute Gasteiger partial charge is 0.484 e. The molecular formula is C19H17N5O2. The lowest BCUT2D eigenvalue weighted by Crippen LogP contribution is -2.50. The number of carbonyl (C=O) groups is 1. The fraction of sp³-hybridized carbons (Fsp3) is 0.263. The molecule has 0 saturated carbocycles. The summed E-state index contributed by atoms with van der Waals surface area (Å²) in [6.45, 7) is 2.30. The van der Waals surface area contributed by atoms with Crippen molar-refractivity contribution < 1.29 is 9.53 Å². The van der Waals surface area contributed by atoms with Gasteiger partial charge in [0.1, 0.15) is 17.6 Å². The van der Waals surface area contributed by atoms with Gasteiger partial charge in [0, 0.05) is 32.4 Å². The Hall–Kier alpha value is -3.58. The first kappa shape index (κ1) is 17.2. The predicted molar refractivity (Wildman–Crippen MR) is 94.4 cm³/mol. The molecule has 2 aromatic rings. The van der Waals surface area contributed by atoms with Gasteiger partial charge < -0.3 is 14.5 Å². The number of nitrogens with zero attached hydrogens (tertiary/aromatic N) is 5. The van der Waals surface area contributed by atoms with Crippen molar-refractivity contribution >= 4 is 11.7 Å². The van der Waals surface area contributed by atoms with Crippen LogP contribution in [-0.2, 0) is 4.79 Å². The zero-order chi connectivity index (χ0) is 18.4. The molecule has 7 heteroatoms. The number of amides is 1. The average Bonchev–Trinajstić information content (AvgIpc) is 2.72. The maximum atomic E-state index is 12.3. The Morgan fingerprint density at radius 2 is 1.81 bits per heavy atom. The van der Waals surface area contributed by atoms with Crippen LogP contribution in [0.4, 0.5) is 5.82 Å². The summed E-state index contributed by atoms with van der Waals surface area (Å²) in [5.74, 6) is 1.13. The molecule has 1 aliphatic rings. The van der Waals surface area contributed by atoms with Gasteiger partial charge in [0.05, 0.1) is 17.2 Å². The third-order valence-corrected chi connectivity index (χ3v) is 4.18. The monoisotopic (exact) mass is 347 g/mol. The second-order valence-electron chi connectivity index (χ2n) is 5.78. The van der Waals surface area contributed by atoms with Crippen LogP contribution in [0.25, 0.3) is 0 Å². The van der Waals surface area contributed by atoms with Gasteiger partial charge in [-0.15, -0.1) is 0 Å². The van der Waals surface area contributed by atoms with Crippen molar-refractivity contribution in [2.24, 2.45) is 0 Å². The van der Waals surface area contributed by atoms with Crippen LogP contribution in [0.3, 0.4) is 0 Å². The van der Waals surface area contributed by atoms with E-state index in [1.54, 1.807) is 47.5 Å². The van der Waals surface area contributed by atoms with E-state index in [4.69, 9.17) is 10.00 Å². The van der Waals surface area contributed by atoms with E-state index in [0.29, 0.717) is 48.9 Å². The fourth-order valence-electron chi connectivity index (χ4n) is 2.77. The number of aromatic nitrogens is 1. The Labute approximate surface area is 151 Å². The van der Waals surface area contributed by atoms with E-state index < -0.39 is 0 Å². The topological polar surface area (TPSA) is 93.2 Å². The molecule has 1 aliphatic heterocycles. The number of anilines is 1. The molecule has 0 radical (unpaired) electrons. The lowest BCUT2D eigenvalue weighted by Gasteiger charge is -2.35. The summed E-state index contributed by atoms with van der Waals surface area (Å²) in [4.78, 5) is 20.4. The highest BCUT2D eigenvalue weighted by Crippen LogP contribution is 2.18. The lowest BCUT2D eigenvalue weighted by molar-refractivity contribution is -0.133. The van der Waals surface area contributed by atoms with Crippen molar-refractivity contribution in [1.82, 2.24) is 9.88 Å². The van der Waals surface area contributed by atoms with Gasteiger partial charge in [-0.2, -0.15) is 10.5 Å². The highest BCUT2D eigenvalue weighted by Gasteiger charge is 2.23. The minimum Gasteiger partial charge on any atom is -0.484 e. The molecule has 1 fully saturated rings. The molecule has 0 atom stereocenters. The molecule has 130 valence electrons. The Kier molecular flexibility index (Phi) is 5.31. The van der Waals surface area contributed by atoms with Crippen molar-refractivity contribution in [1.29, 1.82) is 10.5 Å². The zero-order valence-electron chi connectivity index (χ0n) is 14.1. The van der Waals surface area contributed by atoms with Crippen LogP contribution < -0.4 is 9.64 Å². The van der Waals surface area contributed by atoms with Crippen LogP contribution >= 0.6 is 0 Å². The third-order valence-electron chi connectivity index (χ3n) is 4.18. The fourth-order valence-corrected chi connectivity index (χ4v) is 2.77. The van der Waals surface area contributed by atoms with Crippen molar-refractivity contribution in [3.8, 4) is 17.9 Å². The van der Waals surface area contributed by atoms with Crippen LogP contribution in [0.5, 0.6) is 5.75 Å².